The van der Waals surface area contributed by atoms with Crippen LogP contribution in [0.1, 0.15) is 12.1 Å². The molecule has 3 nitrogen and oxygen atoms in total. The summed E-state index contributed by atoms with van der Waals surface area (Å²) in [6.45, 7) is 0. The zero-order valence-corrected chi connectivity index (χ0v) is 11.0. The monoisotopic (exact) mass is 283 g/mol. The third-order valence-electron chi connectivity index (χ3n) is 2.53. The number of rotatable bonds is 4. The summed E-state index contributed by atoms with van der Waals surface area (Å²) >= 11 is 1.32. The zero-order chi connectivity index (χ0) is 13.8. The molecule has 0 fully saturated rings. The number of carbonyl (C=O) groups is 1. The summed E-state index contributed by atoms with van der Waals surface area (Å²) in [5.74, 6) is -2.09. The van der Waals surface area contributed by atoms with Gasteiger partial charge in [-0.25, -0.2) is 13.8 Å². The number of ether oxygens (including phenoxy) is 1. The van der Waals surface area contributed by atoms with E-state index in [1.807, 2.05) is 0 Å². The second kappa shape index (κ2) is 5.88. The lowest BCUT2D eigenvalue weighted by Crippen LogP contribution is -2.01. The maximum absolute atomic E-state index is 13.1. The zero-order valence-electron chi connectivity index (χ0n) is 10.2. The number of halogens is 2. The maximum Gasteiger partial charge on any atom is 0.305 e. The lowest BCUT2D eigenvalue weighted by Gasteiger charge is -1.98. The van der Waals surface area contributed by atoms with E-state index >= 15 is 0 Å². The van der Waals surface area contributed by atoms with Gasteiger partial charge in [-0.05, 0) is 18.2 Å². The van der Waals surface area contributed by atoms with Gasteiger partial charge < -0.3 is 4.74 Å². The highest BCUT2D eigenvalue weighted by molar-refractivity contribution is 7.13. The van der Waals surface area contributed by atoms with Crippen LogP contribution in [0.4, 0.5) is 8.78 Å². The minimum absolute atomic E-state index is 0.247. The Morgan fingerprint density at radius 1 is 1.37 bits per heavy atom. The predicted octanol–water partition coefficient (Wildman–Crippen LogP) is 3.19. The highest BCUT2D eigenvalue weighted by atomic mass is 32.1. The number of aryl methyl sites for hydroxylation is 1. The van der Waals surface area contributed by atoms with Crippen molar-refractivity contribution in [1.29, 1.82) is 0 Å². The fourth-order valence-electron chi connectivity index (χ4n) is 1.52. The molecule has 1 aromatic carbocycles. The van der Waals surface area contributed by atoms with E-state index in [-0.39, 0.29) is 12.4 Å². The van der Waals surface area contributed by atoms with E-state index in [1.165, 1.54) is 24.5 Å². The standard InChI is InChI=1S/C13H11F2NO2S/c1-18-12(17)5-3-9-7-19-13(16-9)8-2-4-10(14)11(15)6-8/h2,4,6-7H,3,5H2,1H3. The Kier molecular flexibility index (Phi) is 4.21. The molecule has 0 spiro atoms. The highest BCUT2D eigenvalue weighted by Gasteiger charge is 2.09. The van der Waals surface area contributed by atoms with E-state index in [1.54, 1.807) is 5.38 Å². The Balaban J connectivity index is 2.12. The van der Waals surface area contributed by atoms with Crippen molar-refractivity contribution in [2.24, 2.45) is 0 Å². The fraction of sp³-hybridized carbons (Fsp3) is 0.231. The van der Waals surface area contributed by atoms with Crippen LogP contribution in [0.3, 0.4) is 0 Å². The Morgan fingerprint density at radius 2 is 2.16 bits per heavy atom. The molecule has 2 aromatic rings. The smallest absolute Gasteiger partial charge is 0.305 e. The van der Waals surface area contributed by atoms with Gasteiger partial charge in [0.1, 0.15) is 5.01 Å². The van der Waals surface area contributed by atoms with E-state index < -0.39 is 11.6 Å². The third-order valence-corrected chi connectivity index (χ3v) is 3.47. The summed E-state index contributed by atoms with van der Waals surface area (Å²) in [6, 6.07) is 3.65. The van der Waals surface area contributed by atoms with E-state index in [2.05, 4.69) is 9.72 Å². The van der Waals surface area contributed by atoms with Crippen LogP contribution in [-0.2, 0) is 16.0 Å². The molecule has 0 atom stereocenters. The first-order valence-corrected chi connectivity index (χ1v) is 6.44. The van der Waals surface area contributed by atoms with Gasteiger partial charge in [0.15, 0.2) is 11.6 Å². The molecular formula is C13H11F2NO2S. The van der Waals surface area contributed by atoms with Crippen molar-refractivity contribution in [3.63, 3.8) is 0 Å². The van der Waals surface area contributed by atoms with Crippen LogP contribution in [0.25, 0.3) is 10.6 Å². The van der Waals surface area contributed by atoms with Gasteiger partial charge in [0.25, 0.3) is 0 Å². The van der Waals surface area contributed by atoms with E-state index in [4.69, 9.17) is 0 Å². The van der Waals surface area contributed by atoms with Crippen LogP contribution >= 0.6 is 11.3 Å². The van der Waals surface area contributed by atoms with Crippen LogP contribution in [0.5, 0.6) is 0 Å². The molecule has 0 aliphatic heterocycles. The minimum atomic E-state index is -0.899. The van der Waals surface area contributed by atoms with Crippen molar-refractivity contribution < 1.29 is 18.3 Å². The van der Waals surface area contributed by atoms with Crippen LogP contribution in [0.2, 0.25) is 0 Å². The molecule has 1 aromatic heterocycles. The van der Waals surface area contributed by atoms with Gasteiger partial charge >= 0.3 is 5.97 Å². The van der Waals surface area contributed by atoms with Gasteiger partial charge in [-0.2, -0.15) is 0 Å². The normalized spacial score (nSPS) is 10.5. The van der Waals surface area contributed by atoms with E-state index in [0.717, 1.165) is 17.8 Å². The first kappa shape index (κ1) is 13.6. The average Bonchev–Trinajstić information content (AvgIpc) is 2.88. The largest absolute Gasteiger partial charge is 0.469 e. The number of thiazole rings is 1. The molecule has 0 radical (unpaired) electrons. The highest BCUT2D eigenvalue weighted by Crippen LogP contribution is 2.25. The number of aromatic nitrogens is 1. The second-order valence-electron chi connectivity index (χ2n) is 3.85. The van der Waals surface area contributed by atoms with Crippen molar-refractivity contribution >= 4 is 17.3 Å². The van der Waals surface area contributed by atoms with Crippen molar-refractivity contribution in [2.75, 3.05) is 7.11 Å². The van der Waals surface area contributed by atoms with Gasteiger partial charge in [-0.1, -0.05) is 0 Å². The molecule has 0 bridgehead atoms. The quantitative estimate of drug-likeness (QED) is 0.809. The number of carbonyl (C=O) groups excluding carboxylic acids is 1. The van der Waals surface area contributed by atoms with Crippen molar-refractivity contribution in [3.05, 3.63) is 40.9 Å². The summed E-state index contributed by atoms with van der Waals surface area (Å²) in [5.41, 5.74) is 1.25. The van der Waals surface area contributed by atoms with Crippen LogP contribution in [-0.4, -0.2) is 18.1 Å². The van der Waals surface area contributed by atoms with Gasteiger partial charge in [0, 0.05) is 17.4 Å². The number of hydrogen-bond donors (Lipinski definition) is 0. The topological polar surface area (TPSA) is 39.2 Å². The van der Waals surface area contributed by atoms with Crippen molar-refractivity contribution in [2.45, 2.75) is 12.8 Å². The molecule has 0 saturated heterocycles. The molecular weight excluding hydrogens is 272 g/mol. The number of methoxy groups -OCH3 is 1. The summed E-state index contributed by atoms with van der Waals surface area (Å²) in [6.07, 6.45) is 0.713. The molecule has 0 aliphatic rings. The Bertz CT molecular complexity index is 598. The lowest BCUT2D eigenvalue weighted by molar-refractivity contribution is -0.140. The summed E-state index contributed by atoms with van der Waals surface area (Å²) in [7, 11) is 1.33. The Labute approximate surface area is 112 Å². The predicted molar refractivity (Wildman–Crippen MR) is 67.8 cm³/mol. The van der Waals surface area contributed by atoms with E-state index in [0.29, 0.717) is 17.0 Å². The van der Waals surface area contributed by atoms with Gasteiger partial charge in [0.05, 0.1) is 19.2 Å². The average molecular weight is 283 g/mol. The molecule has 2 rings (SSSR count). The summed E-state index contributed by atoms with van der Waals surface area (Å²) in [4.78, 5) is 15.3. The first-order valence-electron chi connectivity index (χ1n) is 5.57. The number of benzene rings is 1. The molecule has 6 heteroatoms. The molecule has 19 heavy (non-hydrogen) atoms. The molecule has 100 valence electrons. The third kappa shape index (κ3) is 3.35. The Morgan fingerprint density at radius 3 is 2.84 bits per heavy atom. The first-order chi connectivity index (χ1) is 9.10. The molecule has 0 amide bonds. The fourth-order valence-corrected chi connectivity index (χ4v) is 2.37. The van der Waals surface area contributed by atoms with E-state index in [9.17, 15) is 13.6 Å². The molecule has 0 N–H and O–H groups in total. The van der Waals surface area contributed by atoms with Gasteiger partial charge in [-0.15, -0.1) is 11.3 Å². The summed E-state index contributed by atoms with van der Waals surface area (Å²) < 4.78 is 30.5. The molecule has 0 unspecified atom stereocenters. The van der Waals surface area contributed by atoms with Crippen molar-refractivity contribution in [1.82, 2.24) is 4.98 Å². The molecule has 0 aliphatic carbocycles. The number of hydrogen-bond acceptors (Lipinski definition) is 4. The molecule has 1 heterocycles. The number of esters is 1. The van der Waals surface area contributed by atoms with Crippen LogP contribution < -0.4 is 0 Å². The maximum atomic E-state index is 13.1. The SMILES string of the molecule is COC(=O)CCc1csc(-c2ccc(F)c(F)c2)n1. The number of nitrogens with zero attached hydrogens (tertiary/aromatic N) is 1. The van der Waals surface area contributed by atoms with Crippen LogP contribution in [0.15, 0.2) is 23.6 Å². The van der Waals surface area contributed by atoms with Gasteiger partial charge in [-0.3, -0.25) is 4.79 Å². The Hall–Kier alpha value is -1.82. The molecule has 0 saturated carbocycles. The second-order valence-corrected chi connectivity index (χ2v) is 4.71. The summed E-state index contributed by atoms with van der Waals surface area (Å²) in [5, 5.41) is 2.39. The van der Waals surface area contributed by atoms with Crippen LogP contribution in [0, 0.1) is 11.6 Å². The minimum Gasteiger partial charge on any atom is -0.469 e. The van der Waals surface area contributed by atoms with Crippen molar-refractivity contribution in [3.8, 4) is 10.6 Å². The van der Waals surface area contributed by atoms with Gasteiger partial charge in [0.2, 0.25) is 0 Å². The lowest BCUT2D eigenvalue weighted by atomic mass is 10.2.